The van der Waals surface area contributed by atoms with Crippen LogP contribution in [0, 0.1) is 0 Å². The Hall–Kier alpha value is -3.74. The van der Waals surface area contributed by atoms with E-state index in [9.17, 15) is 50.5 Å². The maximum absolute atomic E-state index is 13.8. The van der Waals surface area contributed by atoms with Gasteiger partial charge in [0, 0.05) is 10.8 Å². The third-order valence-corrected chi connectivity index (χ3v) is 10.7. The molecule has 0 aliphatic heterocycles. The zero-order chi connectivity index (χ0) is 35.4. The minimum atomic E-state index is -5.74. The molecule has 0 saturated heterocycles. The van der Waals surface area contributed by atoms with Crippen LogP contribution in [0.1, 0.15) is 0 Å². The Bertz CT molecular complexity index is 2420. The van der Waals surface area contributed by atoms with Crippen molar-refractivity contribution in [2.45, 2.75) is 9.79 Å². The molecule has 4 rings (SSSR count). The highest BCUT2D eigenvalue weighted by Gasteiger charge is 2.36. The summed E-state index contributed by atoms with van der Waals surface area (Å²) in [6.45, 7) is 0. The van der Waals surface area contributed by atoms with Gasteiger partial charge >= 0.3 is 60.7 Å². The zero-order valence-corrected chi connectivity index (χ0v) is 29.1. The number of fused-ring (bicyclic) bond motifs is 2. The molecule has 0 bridgehead atoms. The Balaban J connectivity index is 2.03. The van der Waals surface area contributed by atoms with Crippen LogP contribution >= 0.6 is 0 Å². The minimum absolute atomic E-state index is 0.0138. The van der Waals surface area contributed by atoms with E-state index < -0.39 is 104 Å². The van der Waals surface area contributed by atoms with Crippen molar-refractivity contribution >= 4 is 82.3 Å². The quantitative estimate of drug-likeness (QED) is 0.185. The SMILES string of the molecule is CS(=O)(=O)Oc1ccc2ccc(OS(C)(=O)=O)c(S(=O)(=O)OS(=O)(=O)c3c(OS(C)(=O)=O)ccc4ccc(OS(C)(=O)=O)cc34)c2c1. The van der Waals surface area contributed by atoms with Crippen LogP contribution in [0.2, 0.25) is 0 Å². The van der Waals surface area contributed by atoms with E-state index in [0.29, 0.717) is 25.0 Å². The Morgan fingerprint density at radius 3 is 1.00 bits per heavy atom. The first-order chi connectivity index (χ1) is 21.2. The van der Waals surface area contributed by atoms with Crippen LogP contribution in [-0.2, 0) is 64.3 Å². The van der Waals surface area contributed by atoms with Crippen LogP contribution < -0.4 is 16.7 Å². The summed E-state index contributed by atoms with van der Waals surface area (Å²) in [6.07, 6.45) is 2.46. The molecule has 0 saturated carbocycles. The maximum Gasteiger partial charge on any atom is 0.316 e. The van der Waals surface area contributed by atoms with Gasteiger partial charge in [-0.05, 0) is 47.2 Å². The van der Waals surface area contributed by atoms with Gasteiger partial charge in [-0.1, -0.05) is 24.3 Å². The van der Waals surface area contributed by atoms with Crippen molar-refractivity contribution < 1.29 is 70.9 Å². The van der Waals surface area contributed by atoms with Crippen LogP contribution in [-0.4, -0.2) is 75.5 Å². The first-order valence-corrected chi connectivity index (χ1v) is 22.2. The first kappa shape index (κ1) is 36.1. The van der Waals surface area contributed by atoms with E-state index in [1.165, 1.54) is 24.3 Å². The largest absolute Gasteiger partial charge is 0.383 e. The van der Waals surface area contributed by atoms with Crippen LogP contribution in [0.5, 0.6) is 23.0 Å². The van der Waals surface area contributed by atoms with Crippen molar-refractivity contribution in [2.24, 2.45) is 0 Å². The van der Waals surface area contributed by atoms with Gasteiger partial charge in [0.15, 0.2) is 11.5 Å². The summed E-state index contributed by atoms with van der Waals surface area (Å²) in [5.41, 5.74) is 0. The molecule has 0 aliphatic rings. The van der Waals surface area contributed by atoms with E-state index in [-0.39, 0.29) is 10.8 Å². The third-order valence-electron chi connectivity index (χ3n) is 5.47. The summed E-state index contributed by atoms with van der Waals surface area (Å²) in [7, 11) is -28.8. The summed E-state index contributed by atoms with van der Waals surface area (Å²) in [5.74, 6) is -2.87. The Labute approximate surface area is 270 Å². The van der Waals surface area contributed by atoms with Gasteiger partial charge in [-0.2, -0.15) is 50.5 Å². The Morgan fingerprint density at radius 1 is 0.404 bits per heavy atom. The van der Waals surface area contributed by atoms with Crippen molar-refractivity contribution in [1.29, 1.82) is 0 Å². The molecule has 0 fully saturated rings. The summed E-state index contributed by atoms with van der Waals surface area (Å²) in [5, 5.41) is -1.06. The molecular weight excluding hydrogens is 753 g/mol. The van der Waals surface area contributed by atoms with Crippen LogP contribution in [0.4, 0.5) is 0 Å². The van der Waals surface area contributed by atoms with Gasteiger partial charge in [0.2, 0.25) is 0 Å². The molecule has 4 aromatic rings. The molecule has 0 N–H and O–H groups in total. The van der Waals surface area contributed by atoms with E-state index >= 15 is 0 Å². The molecule has 4 aromatic carbocycles. The molecule has 0 spiro atoms. The predicted octanol–water partition coefficient (Wildman–Crippen LogP) is 1.44. The van der Waals surface area contributed by atoms with Crippen molar-refractivity contribution in [1.82, 2.24) is 0 Å². The number of rotatable bonds is 12. The standard InChI is InChI=1S/C24H22O17S6/c1-42(25,26)37-17-9-5-15-7-11-21(39-44(3,29)30)23(19(15)13-17)46(33,34)41-47(35,36)24-20-14-18(38-43(2,27)28)10-6-16(20)8-12-22(24)40-45(4,31)32/h5-14H,1-4H3. The smallest absolute Gasteiger partial charge is 0.316 e. The van der Waals surface area contributed by atoms with Gasteiger partial charge in [-0.25, -0.2) is 0 Å². The van der Waals surface area contributed by atoms with Crippen LogP contribution in [0.25, 0.3) is 21.5 Å². The van der Waals surface area contributed by atoms with Crippen molar-refractivity contribution in [3.8, 4) is 23.0 Å². The Morgan fingerprint density at radius 2 is 0.702 bits per heavy atom. The molecule has 0 unspecified atom stereocenters. The highest BCUT2D eigenvalue weighted by Crippen LogP contribution is 2.41. The fraction of sp³-hybridized carbons (Fsp3) is 0.167. The van der Waals surface area contributed by atoms with Gasteiger partial charge in [-0.15, -0.1) is 3.63 Å². The van der Waals surface area contributed by atoms with Crippen LogP contribution in [0.3, 0.4) is 0 Å². The lowest BCUT2D eigenvalue weighted by atomic mass is 10.1. The topological polar surface area (TPSA) is 251 Å². The van der Waals surface area contributed by atoms with Gasteiger partial charge < -0.3 is 16.7 Å². The van der Waals surface area contributed by atoms with E-state index in [4.69, 9.17) is 16.7 Å². The summed E-state index contributed by atoms with van der Waals surface area (Å²) in [6, 6.07) is 10.3. The van der Waals surface area contributed by atoms with E-state index in [1.54, 1.807) is 0 Å². The second-order valence-corrected chi connectivity index (χ2v) is 19.2. The summed E-state index contributed by atoms with van der Waals surface area (Å²) < 4.78 is 174. The molecule has 0 atom stereocenters. The van der Waals surface area contributed by atoms with Gasteiger partial charge in [0.05, 0.1) is 25.0 Å². The molecule has 0 radical (unpaired) electrons. The maximum atomic E-state index is 13.8. The number of benzene rings is 4. The lowest BCUT2D eigenvalue weighted by Gasteiger charge is -2.16. The van der Waals surface area contributed by atoms with Crippen molar-refractivity contribution in [3.05, 3.63) is 60.7 Å². The van der Waals surface area contributed by atoms with E-state index in [0.717, 1.165) is 36.4 Å². The van der Waals surface area contributed by atoms with Gasteiger partial charge in [0.25, 0.3) is 0 Å². The molecule has 0 aliphatic carbocycles. The number of hydrogen-bond donors (Lipinski definition) is 0. The highest BCUT2D eigenvalue weighted by molar-refractivity contribution is 8.00. The van der Waals surface area contributed by atoms with E-state index in [1.807, 2.05) is 0 Å². The average Bonchev–Trinajstić information content (AvgIpc) is 2.83. The van der Waals surface area contributed by atoms with Crippen molar-refractivity contribution in [3.63, 3.8) is 0 Å². The molecule has 0 amide bonds. The predicted molar refractivity (Wildman–Crippen MR) is 165 cm³/mol. The lowest BCUT2D eigenvalue weighted by Crippen LogP contribution is -2.18. The fourth-order valence-corrected chi connectivity index (χ4v) is 9.15. The lowest BCUT2D eigenvalue weighted by molar-refractivity contribution is 0.452. The molecule has 0 heterocycles. The molecule has 0 aromatic heterocycles. The minimum Gasteiger partial charge on any atom is -0.383 e. The molecule has 23 heteroatoms. The summed E-state index contributed by atoms with van der Waals surface area (Å²) >= 11 is 0. The fourth-order valence-electron chi connectivity index (χ4n) is 4.11. The van der Waals surface area contributed by atoms with Crippen molar-refractivity contribution in [2.75, 3.05) is 25.0 Å². The molecular formula is C24H22O17S6. The van der Waals surface area contributed by atoms with Crippen LogP contribution in [0.15, 0.2) is 70.5 Å². The van der Waals surface area contributed by atoms with Gasteiger partial charge in [-0.3, -0.25) is 0 Å². The average molecular weight is 775 g/mol. The summed E-state index contributed by atoms with van der Waals surface area (Å²) in [4.78, 5) is -2.43. The van der Waals surface area contributed by atoms with E-state index in [2.05, 4.69) is 3.63 Å². The second-order valence-electron chi connectivity index (χ2n) is 9.68. The molecule has 256 valence electrons. The Kier molecular flexibility index (Phi) is 9.26. The van der Waals surface area contributed by atoms with Gasteiger partial charge in [0.1, 0.15) is 21.3 Å². The molecule has 17 nitrogen and oxygen atoms in total. The highest BCUT2D eigenvalue weighted by atomic mass is 32.3. The zero-order valence-electron chi connectivity index (χ0n) is 24.2. The molecule has 47 heavy (non-hydrogen) atoms. The number of hydrogen-bond acceptors (Lipinski definition) is 17. The monoisotopic (exact) mass is 774 g/mol. The normalized spacial score (nSPS) is 13.4. The second kappa shape index (κ2) is 12.1. The first-order valence-electron chi connectivity index (χ1n) is 12.2. The third kappa shape index (κ3) is 9.21.